The molecule has 0 atom stereocenters. The Bertz CT molecular complexity index is 2370. The van der Waals surface area contributed by atoms with Crippen LogP contribution in [0.4, 0.5) is 0 Å². The van der Waals surface area contributed by atoms with Gasteiger partial charge in [0.2, 0.25) is 0 Å². The van der Waals surface area contributed by atoms with Crippen molar-refractivity contribution in [3.63, 3.8) is 0 Å². The van der Waals surface area contributed by atoms with Gasteiger partial charge in [-0.3, -0.25) is 0 Å². The first-order valence-electron chi connectivity index (χ1n) is 17.4. The number of nitrogens with one attached hydrogen (secondary N) is 2. The van der Waals surface area contributed by atoms with Gasteiger partial charge in [0.1, 0.15) is 28.2 Å². The van der Waals surface area contributed by atoms with Gasteiger partial charge >= 0.3 is 17.1 Å². The second-order valence-electron chi connectivity index (χ2n) is 13.5. The van der Waals surface area contributed by atoms with E-state index < -0.39 is 0 Å². The van der Waals surface area contributed by atoms with E-state index >= 15 is 0 Å². The SMILES string of the molecule is C[n+]1ccc(-c2c3nc(c(-c4cc[n+](C)cc4)c4ccc([nH]4)c(-c4cc[n+](C)cc4)c4nc(c(-c5cc[n+](C)cc5)c5ccc2[nH]5)C=C4)C=C3)cc1.[Fe+3]. The fraction of sp³-hybridized carbons (Fsp3) is 0.0909. The number of fused-ring (bicyclic) bond motifs is 8. The van der Waals surface area contributed by atoms with Crippen molar-refractivity contribution in [2.24, 2.45) is 28.2 Å². The van der Waals surface area contributed by atoms with Gasteiger partial charge in [-0.1, -0.05) is 0 Å². The van der Waals surface area contributed by atoms with Crippen molar-refractivity contribution in [1.82, 2.24) is 19.9 Å². The van der Waals surface area contributed by atoms with Gasteiger partial charge in [0, 0.05) is 92.9 Å². The number of H-pyrrole nitrogens is 2. The van der Waals surface area contributed by atoms with Crippen LogP contribution in [-0.2, 0) is 45.3 Å². The largest absolute Gasteiger partial charge is 3.00 e. The number of nitrogens with zero attached hydrogens (tertiary/aromatic N) is 6. The van der Waals surface area contributed by atoms with E-state index in [1.54, 1.807) is 0 Å². The second-order valence-corrected chi connectivity index (χ2v) is 13.5. The number of pyridine rings is 4. The van der Waals surface area contributed by atoms with Gasteiger partial charge in [0.25, 0.3) is 0 Å². The third-order valence-corrected chi connectivity index (χ3v) is 9.82. The Morgan fingerprint density at radius 1 is 0.340 bits per heavy atom. The molecule has 53 heavy (non-hydrogen) atoms. The summed E-state index contributed by atoms with van der Waals surface area (Å²) in [6, 6.07) is 25.8. The Hall–Kier alpha value is -6.28. The molecule has 7 aromatic rings. The molecule has 0 aliphatic carbocycles. The van der Waals surface area contributed by atoms with Crippen LogP contribution in [0.1, 0.15) is 22.8 Å². The van der Waals surface area contributed by atoms with Crippen LogP contribution < -0.4 is 18.3 Å². The van der Waals surface area contributed by atoms with Crippen molar-refractivity contribution < 1.29 is 35.3 Å². The summed E-state index contributed by atoms with van der Waals surface area (Å²) in [7, 11) is 8.14. The van der Waals surface area contributed by atoms with Gasteiger partial charge in [-0.15, -0.1) is 0 Å². The summed E-state index contributed by atoms with van der Waals surface area (Å²) in [6.07, 6.45) is 25.2. The Morgan fingerprint density at radius 2 is 0.547 bits per heavy atom. The van der Waals surface area contributed by atoms with Crippen LogP contribution >= 0.6 is 0 Å². The molecule has 8 nitrogen and oxygen atoms in total. The van der Waals surface area contributed by atoms with Gasteiger partial charge in [-0.2, -0.15) is 0 Å². The average molecular weight is 735 g/mol. The van der Waals surface area contributed by atoms with Crippen molar-refractivity contribution in [2.75, 3.05) is 0 Å². The van der Waals surface area contributed by atoms with E-state index in [4.69, 9.17) is 9.97 Å². The van der Waals surface area contributed by atoms with Gasteiger partial charge in [-0.25, -0.2) is 28.2 Å². The molecule has 7 aromatic heterocycles. The molecule has 9 heteroatoms. The molecule has 2 aliphatic rings. The van der Waals surface area contributed by atoms with E-state index in [1.165, 1.54) is 0 Å². The summed E-state index contributed by atoms with van der Waals surface area (Å²) in [4.78, 5) is 18.4. The van der Waals surface area contributed by atoms with E-state index in [1.807, 2.05) is 46.5 Å². The maximum Gasteiger partial charge on any atom is 3.00 e. The van der Waals surface area contributed by atoms with E-state index in [0.29, 0.717) is 0 Å². The number of aromatic amines is 2. The van der Waals surface area contributed by atoms with Crippen molar-refractivity contribution >= 4 is 46.4 Å². The summed E-state index contributed by atoms with van der Waals surface area (Å²) < 4.78 is 8.20. The predicted octanol–water partition coefficient (Wildman–Crippen LogP) is 6.62. The number of hydrogen-bond acceptors (Lipinski definition) is 2. The van der Waals surface area contributed by atoms with Crippen molar-refractivity contribution in [3.8, 4) is 44.5 Å². The molecular weight excluding hydrogens is 696 g/mol. The van der Waals surface area contributed by atoms with E-state index in [0.717, 1.165) is 89.4 Å². The minimum atomic E-state index is 0. The monoisotopic (exact) mass is 734 g/mol. The fourth-order valence-electron chi connectivity index (χ4n) is 7.09. The Kier molecular flexibility index (Phi) is 8.74. The molecule has 255 valence electrons. The zero-order valence-corrected chi connectivity index (χ0v) is 31.0. The summed E-state index contributed by atoms with van der Waals surface area (Å²) >= 11 is 0. The molecule has 9 rings (SSSR count). The first-order valence-corrected chi connectivity index (χ1v) is 17.4. The van der Waals surface area contributed by atoms with Crippen LogP contribution in [0, 0.1) is 0 Å². The predicted molar refractivity (Wildman–Crippen MR) is 205 cm³/mol. The van der Waals surface area contributed by atoms with Crippen LogP contribution in [0.15, 0.2) is 122 Å². The normalized spacial score (nSPS) is 11.8. The standard InChI is InChI=1S/C44H37N8.Fe/c1-49-21-13-29(14-22-49)41-33-5-7-35(45-33)42(30-15-23-50(2)24-16-30)37-9-11-39(47-37)44(32-19-27-52(4)28-20-32)40-12-10-38(48-40)43(36-8-6-34(41)46-36)31-17-25-51(3)26-18-31;/h5-28H,1-4H3,(H,45,46,47,48);/q2*+3/p+1. The quantitative estimate of drug-likeness (QED) is 0.158. The second kappa shape index (κ2) is 13.7. The summed E-state index contributed by atoms with van der Waals surface area (Å²) in [5.41, 5.74) is 15.9. The zero-order chi connectivity index (χ0) is 35.3. The minimum Gasteiger partial charge on any atom is -0.354 e. The molecule has 0 amide bonds. The average Bonchev–Trinajstić information content (AvgIpc) is 3.99. The fourth-order valence-corrected chi connectivity index (χ4v) is 7.09. The van der Waals surface area contributed by atoms with Gasteiger partial charge in [0.05, 0.1) is 22.8 Å². The summed E-state index contributed by atoms with van der Waals surface area (Å²) in [5.74, 6) is 0. The number of aromatic nitrogens is 8. The number of hydrogen-bond donors (Lipinski definition) is 2. The van der Waals surface area contributed by atoms with Gasteiger partial charge in [0.15, 0.2) is 49.6 Å². The molecule has 1 radical (unpaired) electrons. The molecule has 0 aromatic carbocycles. The topological polar surface area (TPSA) is 72.9 Å². The van der Waals surface area contributed by atoms with Crippen LogP contribution in [0.5, 0.6) is 0 Å². The molecule has 8 bridgehead atoms. The molecule has 2 N–H and O–H groups in total. The molecule has 2 aliphatic heterocycles. The van der Waals surface area contributed by atoms with Crippen LogP contribution in [-0.4, -0.2) is 19.9 Å². The zero-order valence-electron chi connectivity index (χ0n) is 29.9. The van der Waals surface area contributed by atoms with Crippen LogP contribution in [0.25, 0.3) is 90.9 Å². The van der Waals surface area contributed by atoms with Crippen LogP contribution in [0.3, 0.4) is 0 Å². The molecule has 0 fully saturated rings. The van der Waals surface area contributed by atoms with Gasteiger partial charge in [-0.05, 0) is 70.8 Å². The first-order chi connectivity index (χ1) is 25.4. The first kappa shape index (κ1) is 33.8. The van der Waals surface area contributed by atoms with Crippen molar-refractivity contribution in [3.05, 3.63) is 145 Å². The third kappa shape index (κ3) is 6.31. The Balaban J connectivity index is 0.00000400. The molecule has 0 saturated heterocycles. The maximum atomic E-state index is 5.39. The Morgan fingerprint density at radius 3 is 0.755 bits per heavy atom. The molecule has 9 heterocycles. The molecule has 0 spiro atoms. The smallest absolute Gasteiger partial charge is 0.354 e. The number of rotatable bonds is 4. The van der Waals surface area contributed by atoms with Crippen molar-refractivity contribution in [2.45, 2.75) is 0 Å². The Labute approximate surface area is 318 Å². The third-order valence-electron chi connectivity index (χ3n) is 9.82. The van der Waals surface area contributed by atoms with Gasteiger partial charge < -0.3 is 9.97 Å². The van der Waals surface area contributed by atoms with E-state index in [-0.39, 0.29) is 17.1 Å². The van der Waals surface area contributed by atoms with Crippen LogP contribution in [0.2, 0.25) is 0 Å². The summed E-state index contributed by atoms with van der Waals surface area (Å²) in [5, 5.41) is 0. The number of aryl methyl sites for hydroxylation is 4. The summed E-state index contributed by atoms with van der Waals surface area (Å²) in [6.45, 7) is 0. The van der Waals surface area contributed by atoms with E-state index in [9.17, 15) is 0 Å². The molecule has 0 saturated carbocycles. The molecular formula is C44H38FeN8+7. The van der Waals surface area contributed by atoms with Crippen molar-refractivity contribution in [1.29, 1.82) is 0 Å². The molecule has 0 unspecified atom stereocenters. The maximum absolute atomic E-state index is 5.39. The van der Waals surface area contributed by atoms with E-state index in [2.05, 4.69) is 157 Å². The minimum absolute atomic E-state index is 0.